The molecular formula is C27H24N4O. The van der Waals surface area contributed by atoms with Crippen LogP contribution in [0.4, 0.5) is 5.69 Å². The number of nitrogen functional groups attached to an aromatic ring is 1. The van der Waals surface area contributed by atoms with Gasteiger partial charge in [0, 0.05) is 34.6 Å². The van der Waals surface area contributed by atoms with Gasteiger partial charge < -0.3 is 15.0 Å². The average molecular weight is 421 g/mol. The Morgan fingerprint density at radius 1 is 0.844 bits per heavy atom. The summed E-state index contributed by atoms with van der Waals surface area (Å²) < 4.78 is 7.46. The molecule has 32 heavy (non-hydrogen) atoms. The SMILES string of the molecule is CCc1cc(-n2cc(-c3ccc(N)cc3)c3ccc(-c4ccc(OC)cc4)cc32)ncn1. The van der Waals surface area contributed by atoms with Gasteiger partial charge >= 0.3 is 0 Å². The predicted octanol–water partition coefficient (Wildman–Crippen LogP) is 5.91. The Hall–Kier alpha value is -4.12. The minimum Gasteiger partial charge on any atom is -0.497 e. The fourth-order valence-corrected chi connectivity index (χ4v) is 3.98. The number of hydrogen-bond donors (Lipinski definition) is 1. The van der Waals surface area contributed by atoms with Gasteiger partial charge in [0.15, 0.2) is 0 Å². The van der Waals surface area contributed by atoms with Crippen LogP contribution in [0, 0.1) is 0 Å². The number of rotatable bonds is 5. The number of nitrogens with two attached hydrogens (primary N) is 1. The molecule has 0 saturated carbocycles. The molecule has 5 nitrogen and oxygen atoms in total. The monoisotopic (exact) mass is 420 g/mol. The minimum absolute atomic E-state index is 0.752. The topological polar surface area (TPSA) is 66.0 Å². The number of ether oxygens (including phenoxy) is 1. The van der Waals surface area contributed by atoms with Gasteiger partial charge in [0.05, 0.1) is 12.6 Å². The Morgan fingerprint density at radius 2 is 1.56 bits per heavy atom. The number of fused-ring (bicyclic) bond motifs is 1. The first-order chi connectivity index (χ1) is 15.7. The highest BCUT2D eigenvalue weighted by Crippen LogP contribution is 2.35. The van der Waals surface area contributed by atoms with Crippen LogP contribution in [-0.2, 0) is 6.42 Å². The van der Waals surface area contributed by atoms with Crippen molar-refractivity contribution in [3.63, 3.8) is 0 Å². The summed E-state index contributed by atoms with van der Waals surface area (Å²) in [6, 6.07) is 24.7. The average Bonchev–Trinajstić information content (AvgIpc) is 3.23. The second kappa shape index (κ2) is 8.19. The summed E-state index contributed by atoms with van der Waals surface area (Å²) in [7, 11) is 1.68. The van der Waals surface area contributed by atoms with Crippen molar-refractivity contribution < 1.29 is 4.74 Å². The molecule has 0 fully saturated rings. The van der Waals surface area contributed by atoms with E-state index in [0.29, 0.717) is 0 Å². The van der Waals surface area contributed by atoms with Crippen LogP contribution in [-0.4, -0.2) is 21.6 Å². The summed E-state index contributed by atoms with van der Waals surface area (Å²) in [5.74, 6) is 1.70. The molecule has 0 aliphatic carbocycles. The Labute approximate surface area is 187 Å². The van der Waals surface area contributed by atoms with Crippen LogP contribution in [0.2, 0.25) is 0 Å². The van der Waals surface area contributed by atoms with Crippen LogP contribution < -0.4 is 10.5 Å². The highest BCUT2D eigenvalue weighted by Gasteiger charge is 2.14. The smallest absolute Gasteiger partial charge is 0.140 e. The molecule has 3 aromatic carbocycles. The molecule has 0 atom stereocenters. The quantitative estimate of drug-likeness (QED) is 0.359. The van der Waals surface area contributed by atoms with Gasteiger partial charge in [-0.15, -0.1) is 0 Å². The summed E-state index contributed by atoms with van der Waals surface area (Å²) in [6.07, 6.45) is 4.64. The largest absolute Gasteiger partial charge is 0.497 e. The molecule has 5 aromatic rings. The molecule has 0 unspecified atom stereocenters. The third kappa shape index (κ3) is 3.58. The number of methoxy groups -OCH3 is 1. The van der Waals surface area contributed by atoms with E-state index in [-0.39, 0.29) is 0 Å². The lowest BCUT2D eigenvalue weighted by Gasteiger charge is -2.08. The van der Waals surface area contributed by atoms with E-state index in [1.165, 1.54) is 0 Å². The number of anilines is 1. The van der Waals surface area contributed by atoms with Crippen molar-refractivity contribution in [1.29, 1.82) is 0 Å². The van der Waals surface area contributed by atoms with Crippen LogP contribution in [0.3, 0.4) is 0 Å². The van der Waals surface area contributed by atoms with Gasteiger partial charge in [-0.1, -0.05) is 43.3 Å². The van der Waals surface area contributed by atoms with Crippen molar-refractivity contribution in [2.75, 3.05) is 12.8 Å². The number of aryl methyl sites for hydroxylation is 1. The molecule has 0 spiro atoms. The molecule has 5 rings (SSSR count). The van der Waals surface area contributed by atoms with Crippen LogP contribution in [0.1, 0.15) is 12.6 Å². The molecule has 0 saturated heterocycles. The highest BCUT2D eigenvalue weighted by molar-refractivity contribution is 5.99. The minimum atomic E-state index is 0.752. The summed E-state index contributed by atoms with van der Waals surface area (Å²) in [6.45, 7) is 2.10. The Bertz CT molecular complexity index is 1390. The van der Waals surface area contributed by atoms with Gasteiger partial charge in [-0.2, -0.15) is 0 Å². The van der Waals surface area contributed by atoms with Crippen molar-refractivity contribution in [1.82, 2.24) is 14.5 Å². The van der Waals surface area contributed by atoms with Crippen molar-refractivity contribution in [3.8, 4) is 33.8 Å². The molecule has 0 aliphatic rings. The highest BCUT2D eigenvalue weighted by atomic mass is 16.5. The van der Waals surface area contributed by atoms with E-state index >= 15 is 0 Å². The molecule has 5 heteroatoms. The number of benzene rings is 3. The van der Waals surface area contributed by atoms with E-state index in [9.17, 15) is 0 Å². The maximum Gasteiger partial charge on any atom is 0.140 e. The van der Waals surface area contributed by atoms with Crippen LogP contribution in [0.5, 0.6) is 5.75 Å². The van der Waals surface area contributed by atoms with E-state index in [1.807, 2.05) is 30.3 Å². The molecule has 0 radical (unpaired) electrons. The molecule has 158 valence electrons. The zero-order chi connectivity index (χ0) is 22.1. The lowest BCUT2D eigenvalue weighted by atomic mass is 10.0. The molecule has 2 heterocycles. The standard InChI is InChI=1S/C27H24N4O/c1-3-22-15-27(30-17-29-22)31-16-25(19-4-9-21(28)10-5-19)24-13-8-20(14-26(24)31)18-6-11-23(32-2)12-7-18/h4-17H,3,28H2,1-2H3. The van der Waals surface area contributed by atoms with Crippen LogP contribution in [0.15, 0.2) is 85.3 Å². The van der Waals surface area contributed by atoms with Crippen molar-refractivity contribution >= 4 is 16.6 Å². The first kappa shape index (κ1) is 19.8. The number of nitrogens with zero attached hydrogens (tertiary/aromatic N) is 3. The van der Waals surface area contributed by atoms with Gasteiger partial charge in [-0.3, -0.25) is 0 Å². The zero-order valence-electron chi connectivity index (χ0n) is 18.1. The van der Waals surface area contributed by atoms with E-state index in [4.69, 9.17) is 10.5 Å². The normalized spacial score (nSPS) is 11.1. The predicted molar refractivity (Wildman–Crippen MR) is 130 cm³/mol. The third-order valence-electron chi connectivity index (χ3n) is 5.77. The molecule has 0 aliphatic heterocycles. The number of hydrogen-bond acceptors (Lipinski definition) is 4. The Kier molecular flexibility index (Phi) is 5.07. The van der Waals surface area contributed by atoms with Crippen LogP contribution >= 0.6 is 0 Å². The summed E-state index contributed by atoms with van der Waals surface area (Å²) in [5, 5.41) is 1.16. The Balaban J connectivity index is 1.72. The number of aromatic nitrogens is 3. The van der Waals surface area contributed by atoms with E-state index in [1.54, 1.807) is 13.4 Å². The molecule has 2 aromatic heterocycles. The van der Waals surface area contributed by atoms with Gasteiger partial charge in [0.2, 0.25) is 0 Å². The van der Waals surface area contributed by atoms with Gasteiger partial charge in [-0.25, -0.2) is 9.97 Å². The molecule has 0 bridgehead atoms. The lowest BCUT2D eigenvalue weighted by Crippen LogP contribution is -1.99. The van der Waals surface area contributed by atoms with Crippen molar-refractivity contribution in [2.45, 2.75) is 13.3 Å². The third-order valence-corrected chi connectivity index (χ3v) is 5.77. The van der Waals surface area contributed by atoms with E-state index < -0.39 is 0 Å². The van der Waals surface area contributed by atoms with Gasteiger partial charge in [-0.05, 0) is 53.4 Å². The molecular weight excluding hydrogens is 396 g/mol. The van der Waals surface area contributed by atoms with Gasteiger partial charge in [0.25, 0.3) is 0 Å². The van der Waals surface area contributed by atoms with E-state index in [2.05, 4.69) is 70.1 Å². The molecule has 2 N–H and O–H groups in total. The first-order valence-electron chi connectivity index (χ1n) is 10.6. The maximum absolute atomic E-state index is 5.92. The van der Waals surface area contributed by atoms with Crippen molar-refractivity contribution in [2.24, 2.45) is 0 Å². The van der Waals surface area contributed by atoms with Gasteiger partial charge in [0.1, 0.15) is 17.9 Å². The lowest BCUT2D eigenvalue weighted by molar-refractivity contribution is 0.415. The Morgan fingerprint density at radius 3 is 2.28 bits per heavy atom. The summed E-state index contributed by atoms with van der Waals surface area (Å²) in [4.78, 5) is 8.94. The van der Waals surface area contributed by atoms with Crippen molar-refractivity contribution in [3.05, 3.63) is 91.0 Å². The fourth-order valence-electron chi connectivity index (χ4n) is 3.98. The molecule has 0 amide bonds. The second-order valence-corrected chi connectivity index (χ2v) is 7.72. The zero-order valence-corrected chi connectivity index (χ0v) is 18.1. The second-order valence-electron chi connectivity index (χ2n) is 7.72. The maximum atomic E-state index is 5.92. The summed E-state index contributed by atoms with van der Waals surface area (Å²) in [5.41, 5.74) is 13.3. The fraction of sp³-hybridized carbons (Fsp3) is 0.111. The summed E-state index contributed by atoms with van der Waals surface area (Å²) >= 11 is 0. The first-order valence-corrected chi connectivity index (χ1v) is 10.6. The van der Waals surface area contributed by atoms with E-state index in [0.717, 1.165) is 62.5 Å². The van der Waals surface area contributed by atoms with Crippen LogP contribution in [0.25, 0.3) is 39.0 Å².